The average Bonchev–Trinajstić information content (AvgIpc) is 3.55. The number of nitrogens with zero attached hydrogens (tertiary/aromatic N) is 6. The second-order valence-electron chi connectivity index (χ2n) is 8.34. The van der Waals surface area contributed by atoms with Crippen LogP contribution in [0.2, 0.25) is 0 Å². The van der Waals surface area contributed by atoms with Gasteiger partial charge in [0.2, 0.25) is 11.6 Å². The Hall–Kier alpha value is -4.58. The maximum atomic E-state index is 4.84. The lowest BCUT2D eigenvalue weighted by atomic mass is 10.2. The molecule has 6 heteroatoms. The van der Waals surface area contributed by atoms with Crippen molar-refractivity contribution in [3.8, 4) is 11.6 Å². The van der Waals surface area contributed by atoms with Gasteiger partial charge in [0, 0.05) is 17.5 Å². The van der Waals surface area contributed by atoms with Crippen molar-refractivity contribution in [1.82, 2.24) is 19.1 Å². The van der Waals surface area contributed by atoms with Gasteiger partial charge in [0.1, 0.15) is 37.9 Å². The van der Waals surface area contributed by atoms with Gasteiger partial charge >= 0.3 is 0 Å². The first-order valence-corrected chi connectivity index (χ1v) is 11.3. The van der Waals surface area contributed by atoms with E-state index >= 15 is 0 Å². The van der Waals surface area contributed by atoms with Gasteiger partial charge in [-0.15, -0.1) is 0 Å². The normalized spacial score (nSPS) is 11.2. The van der Waals surface area contributed by atoms with Crippen molar-refractivity contribution in [3.63, 3.8) is 0 Å². The van der Waals surface area contributed by atoms with Crippen LogP contribution in [0.5, 0.6) is 0 Å². The molecule has 0 aliphatic carbocycles. The summed E-state index contributed by atoms with van der Waals surface area (Å²) >= 11 is 0. The molecule has 6 rings (SSSR count). The fourth-order valence-corrected chi connectivity index (χ4v) is 4.10. The molecule has 2 aromatic carbocycles. The monoisotopic (exact) mass is 444 g/mol. The zero-order valence-corrected chi connectivity index (χ0v) is 18.6. The summed E-state index contributed by atoms with van der Waals surface area (Å²) in [4.78, 5) is 9.69. The van der Waals surface area contributed by atoms with Crippen LogP contribution in [0, 0.1) is 0 Å². The van der Waals surface area contributed by atoms with Gasteiger partial charge in [0.15, 0.2) is 5.65 Å². The minimum atomic E-state index is 0.724. The van der Waals surface area contributed by atoms with Gasteiger partial charge in [-0.2, -0.15) is 19.1 Å². The van der Waals surface area contributed by atoms with Crippen molar-refractivity contribution in [3.05, 3.63) is 133 Å². The molecule has 0 aliphatic rings. The zero-order chi connectivity index (χ0) is 22.7. The number of benzene rings is 2. The summed E-state index contributed by atoms with van der Waals surface area (Å²) in [6.45, 7) is 1.64. The third kappa shape index (κ3) is 4.21. The first-order chi connectivity index (χ1) is 16.8. The molecular formula is C28H24N6+2. The third-order valence-electron chi connectivity index (χ3n) is 5.85. The molecule has 0 unspecified atom stereocenters. The molecule has 0 radical (unpaired) electrons. The SMILES string of the molecule is c1ccc(C[n+]2ccn(-c3ccc4ccc(-n5cc[n+](Cc6ccccc6)c5)nc4n3)c2)cc1. The van der Waals surface area contributed by atoms with Crippen LogP contribution >= 0.6 is 0 Å². The Bertz CT molecular complexity index is 1440. The van der Waals surface area contributed by atoms with Crippen LogP contribution in [0.4, 0.5) is 0 Å². The van der Waals surface area contributed by atoms with Crippen molar-refractivity contribution >= 4 is 11.0 Å². The fraction of sp³-hybridized carbons (Fsp3) is 0.0714. The maximum absolute atomic E-state index is 4.84. The molecule has 0 atom stereocenters. The summed E-state index contributed by atoms with van der Waals surface area (Å²) in [6.07, 6.45) is 12.3. The van der Waals surface area contributed by atoms with Crippen molar-refractivity contribution in [1.29, 1.82) is 0 Å². The molecule has 6 aromatic rings. The number of pyridine rings is 2. The van der Waals surface area contributed by atoms with Crippen molar-refractivity contribution in [2.75, 3.05) is 0 Å². The molecule has 0 N–H and O–H groups in total. The quantitative estimate of drug-likeness (QED) is 0.366. The van der Waals surface area contributed by atoms with E-state index in [0.29, 0.717) is 0 Å². The molecule has 0 saturated carbocycles. The Morgan fingerprint density at radius 3 is 1.50 bits per heavy atom. The van der Waals surface area contributed by atoms with E-state index in [1.165, 1.54) is 11.1 Å². The van der Waals surface area contributed by atoms with E-state index in [2.05, 4.69) is 94.8 Å². The molecule has 0 spiro atoms. The second-order valence-corrected chi connectivity index (χ2v) is 8.34. The van der Waals surface area contributed by atoms with E-state index in [0.717, 1.165) is 35.8 Å². The summed E-state index contributed by atoms with van der Waals surface area (Å²) in [5.41, 5.74) is 3.25. The van der Waals surface area contributed by atoms with Crippen LogP contribution in [-0.2, 0) is 13.1 Å². The zero-order valence-electron chi connectivity index (χ0n) is 18.6. The van der Waals surface area contributed by atoms with Gasteiger partial charge in [-0.1, -0.05) is 60.7 Å². The van der Waals surface area contributed by atoms with Crippen molar-refractivity contribution < 1.29 is 9.13 Å². The van der Waals surface area contributed by atoms with Gasteiger partial charge in [0.05, 0.1) is 0 Å². The molecule has 0 saturated heterocycles. The van der Waals surface area contributed by atoms with Crippen molar-refractivity contribution in [2.24, 2.45) is 0 Å². The third-order valence-corrected chi connectivity index (χ3v) is 5.85. The predicted octanol–water partition coefficient (Wildman–Crippen LogP) is 3.88. The topological polar surface area (TPSA) is 43.4 Å². The summed E-state index contributed by atoms with van der Waals surface area (Å²) in [5, 5.41) is 1.01. The highest BCUT2D eigenvalue weighted by Crippen LogP contribution is 2.15. The molecule has 0 fully saturated rings. The van der Waals surface area contributed by atoms with E-state index < -0.39 is 0 Å². The summed E-state index contributed by atoms with van der Waals surface area (Å²) < 4.78 is 8.35. The molecule has 34 heavy (non-hydrogen) atoms. The van der Waals surface area contributed by atoms with Gasteiger partial charge in [-0.05, 0) is 23.3 Å². The first-order valence-electron chi connectivity index (χ1n) is 11.3. The lowest BCUT2D eigenvalue weighted by Crippen LogP contribution is -2.31. The lowest BCUT2D eigenvalue weighted by molar-refractivity contribution is -0.687. The highest BCUT2D eigenvalue weighted by Gasteiger charge is 2.13. The van der Waals surface area contributed by atoms with Crippen LogP contribution in [0.1, 0.15) is 11.1 Å². The minimum Gasteiger partial charge on any atom is -0.232 e. The van der Waals surface area contributed by atoms with E-state index in [1.54, 1.807) is 0 Å². The average molecular weight is 445 g/mol. The maximum Gasteiger partial charge on any atom is 0.250 e. The number of aromatic nitrogens is 6. The standard InChI is InChI=1S/C28H24N6/c1-3-7-23(8-4-1)19-31-15-17-33(21-31)26-13-11-25-12-14-27(30-28(25)29-26)34-18-16-32(22-34)20-24-9-5-2-6-10-24/h1-18,21-22H,19-20H2/q+2. The molecule has 164 valence electrons. The Balaban J connectivity index is 1.26. The molecule has 4 heterocycles. The largest absolute Gasteiger partial charge is 0.250 e. The Morgan fingerprint density at radius 1 is 0.559 bits per heavy atom. The van der Waals surface area contributed by atoms with Gasteiger partial charge in [0.25, 0.3) is 12.7 Å². The fourth-order valence-electron chi connectivity index (χ4n) is 4.10. The van der Waals surface area contributed by atoms with E-state index in [9.17, 15) is 0 Å². The Kier molecular flexibility index (Phi) is 5.16. The summed E-state index contributed by atoms with van der Waals surface area (Å²) in [7, 11) is 0. The molecule has 0 amide bonds. The summed E-state index contributed by atoms with van der Waals surface area (Å²) in [5.74, 6) is 1.69. The first kappa shape index (κ1) is 20.1. The number of hydrogen-bond acceptors (Lipinski definition) is 2. The number of imidazole rings is 2. The Morgan fingerprint density at radius 2 is 1.03 bits per heavy atom. The van der Waals surface area contributed by atoms with Gasteiger partial charge in [-0.3, -0.25) is 0 Å². The highest BCUT2D eigenvalue weighted by atomic mass is 15.2. The van der Waals surface area contributed by atoms with Crippen LogP contribution in [0.15, 0.2) is 122 Å². The van der Waals surface area contributed by atoms with E-state index in [4.69, 9.17) is 9.97 Å². The minimum absolute atomic E-state index is 0.724. The lowest BCUT2D eigenvalue weighted by Gasteiger charge is -2.01. The van der Waals surface area contributed by atoms with Crippen molar-refractivity contribution in [2.45, 2.75) is 13.1 Å². The Labute approximate surface area is 197 Å². The van der Waals surface area contributed by atoms with Crippen LogP contribution < -0.4 is 9.13 Å². The second kappa shape index (κ2) is 8.75. The number of rotatable bonds is 6. The van der Waals surface area contributed by atoms with Crippen LogP contribution in [0.3, 0.4) is 0 Å². The molecule has 4 aromatic heterocycles. The van der Waals surface area contributed by atoms with Crippen LogP contribution in [-0.4, -0.2) is 19.1 Å². The summed E-state index contributed by atoms with van der Waals surface area (Å²) in [6, 6.07) is 29.1. The van der Waals surface area contributed by atoms with Gasteiger partial charge in [-0.25, -0.2) is 9.13 Å². The predicted molar refractivity (Wildman–Crippen MR) is 130 cm³/mol. The molecular weight excluding hydrogens is 420 g/mol. The highest BCUT2D eigenvalue weighted by molar-refractivity contribution is 5.76. The number of hydrogen-bond donors (Lipinski definition) is 0. The number of fused-ring (bicyclic) bond motifs is 1. The van der Waals surface area contributed by atoms with Gasteiger partial charge < -0.3 is 0 Å². The smallest absolute Gasteiger partial charge is 0.232 e. The molecule has 0 aliphatic heterocycles. The van der Waals surface area contributed by atoms with E-state index in [1.807, 2.05) is 45.8 Å². The van der Waals surface area contributed by atoms with E-state index in [-0.39, 0.29) is 0 Å². The molecule has 6 nitrogen and oxygen atoms in total. The van der Waals surface area contributed by atoms with Crippen LogP contribution in [0.25, 0.3) is 22.7 Å². The molecule has 0 bridgehead atoms.